The number of carbonyl (C=O) groups is 2. The summed E-state index contributed by atoms with van der Waals surface area (Å²) in [5.74, 6) is -1.52. The van der Waals surface area contributed by atoms with E-state index in [0.717, 1.165) is 15.7 Å². The molecule has 1 fully saturated rings. The van der Waals surface area contributed by atoms with Gasteiger partial charge in [0.15, 0.2) is 5.41 Å². The normalized spacial score (nSPS) is 17.2. The highest BCUT2D eigenvalue weighted by Crippen LogP contribution is 2.57. The molecule has 1 unspecified atom stereocenters. The first kappa shape index (κ1) is 22.5. The molecule has 31 heavy (non-hydrogen) atoms. The third-order valence-corrected chi connectivity index (χ3v) is 5.89. The van der Waals surface area contributed by atoms with E-state index >= 15 is 0 Å². The minimum atomic E-state index is -1.57. The number of nitrogens with zero attached hydrogens (tertiary/aromatic N) is 2. The lowest BCUT2D eigenvalue weighted by atomic mass is 9.87. The molecule has 166 valence electrons. The molecule has 8 heteroatoms. The van der Waals surface area contributed by atoms with Crippen LogP contribution in [0.5, 0.6) is 0 Å². The fourth-order valence-electron chi connectivity index (χ4n) is 3.88. The van der Waals surface area contributed by atoms with Crippen molar-refractivity contribution >= 4 is 11.9 Å². The van der Waals surface area contributed by atoms with Crippen LogP contribution in [0, 0.1) is 12.3 Å². The fraction of sp³-hybridized carbons (Fsp3) is 0.478. The molecule has 1 heterocycles. The smallest absolute Gasteiger partial charge is 0.331 e. The van der Waals surface area contributed by atoms with Gasteiger partial charge in [-0.1, -0.05) is 45.0 Å². The maximum atomic E-state index is 13.2. The van der Waals surface area contributed by atoms with Crippen LogP contribution in [0.15, 0.2) is 40.1 Å². The van der Waals surface area contributed by atoms with Gasteiger partial charge in [0.25, 0.3) is 5.56 Å². The molecule has 1 atom stereocenters. The van der Waals surface area contributed by atoms with Crippen LogP contribution >= 0.6 is 0 Å². The Balaban J connectivity index is 2.02. The van der Waals surface area contributed by atoms with Gasteiger partial charge in [-0.15, -0.1) is 0 Å². The first-order valence-electron chi connectivity index (χ1n) is 10.1. The first-order chi connectivity index (χ1) is 14.5. The molecule has 1 aliphatic carbocycles. The van der Waals surface area contributed by atoms with E-state index in [1.165, 1.54) is 25.0 Å². The zero-order chi connectivity index (χ0) is 23.1. The summed E-state index contributed by atoms with van der Waals surface area (Å²) in [5.41, 5.74) is -0.310. The van der Waals surface area contributed by atoms with Gasteiger partial charge in [-0.25, -0.2) is 4.79 Å². The molecular weight excluding hydrogens is 400 g/mol. The van der Waals surface area contributed by atoms with Crippen molar-refractivity contribution in [3.05, 3.63) is 68.0 Å². The molecule has 3 rings (SSSR count). The standard InChI is InChI=1S/C23H28N2O6/c1-14-12-24(17-11-23(17,19(27)30-5)20(28)31-6)21(29)25(18(14)26)13-15-7-9-16(10-8-15)22(2,3)4/h7-10,12,17H,11,13H2,1-6H3. The van der Waals surface area contributed by atoms with Crippen LogP contribution in [0.25, 0.3) is 0 Å². The van der Waals surface area contributed by atoms with Gasteiger partial charge in [-0.05, 0) is 29.9 Å². The minimum Gasteiger partial charge on any atom is -0.468 e. The fourth-order valence-corrected chi connectivity index (χ4v) is 3.88. The van der Waals surface area contributed by atoms with E-state index in [1.54, 1.807) is 6.92 Å². The number of aryl methyl sites for hydroxylation is 1. The van der Waals surface area contributed by atoms with Crippen LogP contribution in [-0.2, 0) is 31.0 Å². The first-order valence-corrected chi connectivity index (χ1v) is 10.1. The third kappa shape index (κ3) is 3.82. The second-order valence-corrected chi connectivity index (χ2v) is 9.01. The average molecular weight is 428 g/mol. The van der Waals surface area contributed by atoms with Crippen LogP contribution in [0.4, 0.5) is 0 Å². The predicted molar refractivity (Wildman–Crippen MR) is 114 cm³/mol. The molecule has 2 aromatic rings. The summed E-state index contributed by atoms with van der Waals surface area (Å²) < 4.78 is 12.0. The lowest BCUT2D eigenvalue weighted by Crippen LogP contribution is -2.42. The summed E-state index contributed by atoms with van der Waals surface area (Å²) >= 11 is 0. The molecule has 1 saturated carbocycles. The Morgan fingerprint density at radius 2 is 1.61 bits per heavy atom. The van der Waals surface area contributed by atoms with Gasteiger partial charge in [-0.3, -0.25) is 23.5 Å². The van der Waals surface area contributed by atoms with Gasteiger partial charge in [0.2, 0.25) is 0 Å². The van der Waals surface area contributed by atoms with Crippen molar-refractivity contribution in [3.8, 4) is 0 Å². The quantitative estimate of drug-likeness (QED) is 0.533. The summed E-state index contributed by atoms with van der Waals surface area (Å²) in [6.07, 6.45) is 1.46. The van der Waals surface area contributed by atoms with E-state index < -0.39 is 34.6 Å². The Morgan fingerprint density at radius 1 is 1.06 bits per heavy atom. The number of aromatic nitrogens is 2. The van der Waals surface area contributed by atoms with Crippen molar-refractivity contribution in [1.82, 2.24) is 9.13 Å². The highest BCUT2D eigenvalue weighted by molar-refractivity contribution is 6.04. The summed E-state index contributed by atoms with van der Waals surface area (Å²) in [6.45, 7) is 8.00. The Labute approximate surface area is 180 Å². The number of methoxy groups -OCH3 is 2. The van der Waals surface area contributed by atoms with E-state index in [4.69, 9.17) is 9.47 Å². The van der Waals surface area contributed by atoms with E-state index in [0.29, 0.717) is 5.56 Å². The van der Waals surface area contributed by atoms with Gasteiger partial charge in [0.1, 0.15) is 0 Å². The van der Waals surface area contributed by atoms with Crippen molar-refractivity contribution in [2.24, 2.45) is 5.41 Å². The molecule has 8 nitrogen and oxygen atoms in total. The third-order valence-electron chi connectivity index (χ3n) is 5.89. The Kier molecular flexibility index (Phi) is 5.69. The van der Waals surface area contributed by atoms with Crippen molar-refractivity contribution in [3.63, 3.8) is 0 Å². The highest BCUT2D eigenvalue weighted by atomic mass is 16.5. The number of ether oxygens (including phenoxy) is 2. The summed E-state index contributed by atoms with van der Waals surface area (Å²) in [5, 5.41) is 0. The second kappa shape index (κ2) is 7.83. The summed E-state index contributed by atoms with van der Waals surface area (Å²) in [7, 11) is 2.36. The Hall–Kier alpha value is -3.16. The van der Waals surface area contributed by atoms with E-state index in [9.17, 15) is 19.2 Å². The average Bonchev–Trinajstić information content (AvgIpc) is 3.49. The van der Waals surface area contributed by atoms with Crippen LogP contribution in [0.3, 0.4) is 0 Å². The highest BCUT2D eigenvalue weighted by Gasteiger charge is 2.69. The number of hydrogen-bond acceptors (Lipinski definition) is 6. The SMILES string of the molecule is COC(=O)C1(C(=O)OC)CC1n1cc(C)c(=O)n(Cc2ccc(C(C)(C)C)cc2)c1=O. The van der Waals surface area contributed by atoms with E-state index in [1.807, 2.05) is 24.3 Å². The van der Waals surface area contributed by atoms with Gasteiger partial charge < -0.3 is 9.47 Å². The Bertz CT molecular complexity index is 1120. The molecule has 1 aromatic heterocycles. The van der Waals surface area contributed by atoms with Gasteiger partial charge >= 0.3 is 17.6 Å². The molecule has 0 aliphatic heterocycles. The Morgan fingerprint density at radius 3 is 2.10 bits per heavy atom. The molecule has 0 bridgehead atoms. The molecule has 1 aliphatic rings. The van der Waals surface area contributed by atoms with Gasteiger partial charge in [0, 0.05) is 11.8 Å². The minimum absolute atomic E-state index is 0.0114. The van der Waals surface area contributed by atoms with Gasteiger partial charge in [0.05, 0.1) is 26.8 Å². The van der Waals surface area contributed by atoms with Crippen LogP contribution < -0.4 is 11.2 Å². The maximum absolute atomic E-state index is 13.2. The molecule has 0 radical (unpaired) electrons. The second-order valence-electron chi connectivity index (χ2n) is 9.01. The number of carbonyl (C=O) groups excluding carboxylic acids is 2. The van der Waals surface area contributed by atoms with Crippen LogP contribution in [0.2, 0.25) is 0 Å². The maximum Gasteiger partial charge on any atom is 0.331 e. The van der Waals surface area contributed by atoms with E-state index in [2.05, 4.69) is 20.8 Å². The predicted octanol–water partition coefficient (Wildman–Crippen LogP) is 1.94. The molecular formula is C23H28N2O6. The number of rotatable bonds is 5. The van der Waals surface area contributed by atoms with Crippen LogP contribution in [-0.4, -0.2) is 35.3 Å². The van der Waals surface area contributed by atoms with Crippen molar-refractivity contribution in [1.29, 1.82) is 0 Å². The van der Waals surface area contributed by atoms with Crippen molar-refractivity contribution in [2.45, 2.75) is 52.1 Å². The van der Waals surface area contributed by atoms with Crippen molar-refractivity contribution < 1.29 is 19.1 Å². The molecule has 1 aromatic carbocycles. The zero-order valence-corrected chi connectivity index (χ0v) is 18.7. The lowest BCUT2D eigenvalue weighted by molar-refractivity contribution is -0.162. The summed E-state index contributed by atoms with van der Waals surface area (Å²) in [4.78, 5) is 50.6. The van der Waals surface area contributed by atoms with E-state index in [-0.39, 0.29) is 18.4 Å². The van der Waals surface area contributed by atoms with Crippen molar-refractivity contribution in [2.75, 3.05) is 14.2 Å². The molecule has 0 N–H and O–H groups in total. The van der Waals surface area contributed by atoms with Crippen LogP contribution in [0.1, 0.15) is 49.9 Å². The largest absolute Gasteiger partial charge is 0.468 e. The number of esters is 2. The molecule has 0 saturated heterocycles. The molecule has 0 spiro atoms. The number of hydrogen-bond donors (Lipinski definition) is 0. The molecule has 0 amide bonds. The topological polar surface area (TPSA) is 96.6 Å². The number of benzene rings is 1. The monoisotopic (exact) mass is 428 g/mol. The van der Waals surface area contributed by atoms with Gasteiger partial charge in [-0.2, -0.15) is 0 Å². The lowest BCUT2D eigenvalue weighted by Gasteiger charge is -2.19. The zero-order valence-electron chi connectivity index (χ0n) is 18.7. The summed E-state index contributed by atoms with van der Waals surface area (Å²) in [6, 6.07) is 6.98.